The molecule has 27 heavy (non-hydrogen) atoms. The number of nitrogens with one attached hydrogen (secondary N) is 2. The monoisotopic (exact) mass is 399 g/mol. The molecule has 0 amide bonds. The number of nitrogens with two attached hydrogens (primary N) is 1. The van der Waals surface area contributed by atoms with Crippen LogP contribution in [0.25, 0.3) is 0 Å². The van der Waals surface area contributed by atoms with E-state index in [-0.39, 0.29) is 18.0 Å². The molecule has 0 radical (unpaired) electrons. The van der Waals surface area contributed by atoms with Gasteiger partial charge < -0.3 is 15.6 Å². The minimum absolute atomic E-state index is 0.0551. The Bertz CT molecular complexity index is 704. The van der Waals surface area contributed by atoms with E-state index in [4.69, 9.17) is 15.9 Å². The Balaban J connectivity index is 2.55. The SMILES string of the molecule is CCCCS(=O)(=O)N[C@@H](Cc1ccc(OCCCCC(=N)N)cc1)C(=O)O. The van der Waals surface area contributed by atoms with Crippen LogP contribution in [-0.2, 0) is 21.2 Å². The zero-order valence-electron chi connectivity index (χ0n) is 15.6. The van der Waals surface area contributed by atoms with Gasteiger partial charge in [0.1, 0.15) is 11.8 Å². The summed E-state index contributed by atoms with van der Waals surface area (Å²) < 4.78 is 31.7. The summed E-state index contributed by atoms with van der Waals surface area (Å²) in [5.41, 5.74) is 5.98. The van der Waals surface area contributed by atoms with Crippen molar-refractivity contribution in [2.45, 2.75) is 51.5 Å². The molecule has 0 aliphatic rings. The lowest BCUT2D eigenvalue weighted by Crippen LogP contribution is -2.43. The Morgan fingerprint density at radius 1 is 1.26 bits per heavy atom. The predicted molar refractivity (Wildman–Crippen MR) is 105 cm³/mol. The average Bonchev–Trinajstić information content (AvgIpc) is 2.60. The molecule has 152 valence electrons. The molecular weight excluding hydrogens is 370 g/mol. The van der Waals surface area contributed by atoms with E-state index in [1.807, 2.05) is 6.92 Å². The van der Waals surface area contributed by atoms with Crippen LogP contribution >= 0.6 is 0 Å². The van der Waals surface area contributed by atoms with Crippen molar-refractivity contribution in [2.75, 3.05) is 12.4 Å². The molecule has 1 aromatic rings. The molecule has 0 aliphatic heterocycles. The molecule has 1 atom stereocenters. The van der Waals surface area contributed by atoms with Gasteiger partial charge in [0, 0.05) is 6.42 Å². The number of carboxylic acid groups (broad SMARTS) is 1. The molecular formula is C18H29N3O5S. The van der Waals surface area contributed by atoms with E-state index >= 15 is 0 Å². The molecule has 0 unspecified atom stereocenters. The Hall–Kier alpha value is -2.13. The van der Waals surface area contributed by atoms with Gasteiger partial charge in [0.05, 0.1) is 18.2 Å². The number of benzene rings is 1. The Morgan fingerprint density at radius 3 is 2.48 bits per heavy atom. The second-order valence-corrected chi connectivity index (χ2v) is 8.23. The zero-order valence-corrected chi connectivity index (χ0v) is 16.4. The van der Waals surface area contributed by atoms with Crippen molar-refractivity contribution in [3.8, 4) is 5.75 Å². The third-order valence-electron chi connectivity index (χ3n) is 3.86. The van der Waals surface area contributed by atoms with Crippen molar-refractivity contribution in [1.82, 2.24) is 4.72 Å². The third kappa shape index (κ3) is 9.95. The lowest BCUT2D eigenvalue weighted by atomic mass is 10.1. The van der Waals surface area contributed by atoms with Crippen LogP contribution in [0.1, 0.15) is 44.6 Å². The summed E-state index contributed by atoms with van der Waals surface area (Å²) in [5, 5.41) is 16.5. The number of hydrogen-bond donors (Lipinski definition) is 4. The summed E-state index contributed by atoms with van der Waals surface area (Å²) in [5.74, 6) is -0.473. The topological polar surface area (TPSA) is 143 Å². The van der Waals surface area contributed by atoms with Crippen LogP contribution in [0.5, 0.6) is 5.75 Å². The van der Waals surface area contributed by atoms with Crippen molar-refractivity contribution < 1.29 is 23.1 Å². The fourth-order valence-electron chi connectivity index (χ4n) is 2.35. The highest BCUT2D eigenvalue weighted by atomic mass is 32.2. The quantitative estimate of drug-likeness (QED) is 0.214. The molecule has 0 heterocycles. The number of aliphatic carboxylic acids is 1. The van der Waals surface area contributed by atoms with Crippen molar-refractivity contribution >= 4 is 21.8 Å². The van der Waals surface area contributed by atoms with E-state index in [1.54, 1.807) is 24.3 Å². The van der Waals surface area contributed by atoms with Gasteiger partial charge in [0.25, 0.3) is 0 Å². The second-order valence-electron chi connectivity index (χ2n) is 6.36. The molecule has 0 fully saturated rings. The first-order chi connectivity index (χ1) is 12.7. The number of ether oxygens (including phenoxy) is 1. The van der Waals surface area contributed by atoms with Gasteiger partial charge in [-0.05, 0) is 43.4 Å². The molecule has 0 aromatic heterocycles. The van der Waals surface area contributed by atoms with E-state index in [1.165, 1.54) is 0 Å². The first-order valence-corrected chi connectivity index (χ1v) is 10.7. The van der Waals surface area contributed by atoms with Crippen LogP contribution in [0.4, 0.5) is 0 Å². The van der Waals surface area contributed by atoms with Gasteiger partial charge in [-0.15, -0.1) is 0 Å². The molecule has 5 N–H and O–H groups in total. The van der Waals surface area contributed by atoms with Crippen LogP contribution in [-0.4, -0.2) is 43.7 Å². The van der Waals surface area contributed by atoms with Gasteiger partial charge in [-0.3, -0.25) is 10.2 Å². The van der Waals surface area contributed by atoms with Crippen LogP contribution < -0.4 is 15.2 Å². The van der Waals surface area contributed by atoms with Gasteiger partial charge in [-0.1, -0.05) is 25.5 Å². The third-order valence-corrected chi connectivity index (χ3v) is 5.33. The first kappa shape index (κ1) is 22.9. The first-order valence-electron chi connectivity index (χ1n) is 9.01. The highest BCUT2D eigenvalue weighted by molar-refractivity contribution is 7.89. The molecule has 1 rings (SSSR count). The van der Waals surface area contributed by atoms with Crippen molar-refractivity contribution in [2.24, 2.45) is 5.73 Å². The van der Waals surface area contributed by atoms with Crippen LogP contribution in [0.2, 0.25) is 0 Å². The number of rotatable bonds is 14. The lowest BCUT2D eigenvalue weighted by molar-refractivity contribution is -0.138. The Labute approximate surface area is 160 Å². The minimum Gasteiger partial charge on any atom is -0.494 e. The van der Waals surface area contributed by atoms with E-state index in [2.05, 4.69) is 4.72 Å². The largest absolute Gasteiger partial charge is 0.494 e. The Kier molecular flexibility index (Phi) is 9.81. The van der Waals surface area contributed by atoms with Gasteiger partial charge in [0.15, 0.2) is 0 Å². The van der Waals surface area contributed by atoms with Crippen LogP contribution in [0.15, 0.2) is 24.3 Å². The van der Waals surface area contributed by atoms with Crippen LogP contribution in [0, 0.1) is 5.41 Å². The van der Waals surface area contributed by atoms with E-state index < -0.39 is 22.0 Å². The number of carbonyl (C=O) groups is 1. The van der Waals surface area contributed by atoms with Crippen molar-refractivity contribution in [1.29, 1.82) is 5.41 Å². The normalized spacial score (nSPS) is 12.5. The number of unbranched alkanes of at least 4 members (excludes halogenated alkanes) is 2. The summed E-state index contributed by atoms with van der Waals surface area (Å²) in [6, 6.07) is 5.70. The zero-order chi connectivity index (χ0) is 20.3. The van der Waals surface area contributed by atoms with E-state index in [9.17, 15) is 18.3 Å². The van der Waals surface area contributed by atoms with E-state index in [0.29, 0.717) is 30.8 Å². The highest BCUT2D eigenvalue weighted by Gasteiger charge is 2.24. The molecule has 0 bridgehead atoms. The van der Waals surface area contributed by atoms with Crippen molar-refractivity contribution in [3.05, 3.63) is 29.8 Å². The predicted octanol–water partition coefficient (Wildman–Crippen LogP) is 1.89. The molecule has 1 aromatic carbocycles. The maximum absolute atomic E-state index is 11.9. The summed E-state index contributed by atoms with van der Waals surface area (Å²) >= 11 is 0. The van der Waals surface area contributed by atoms with Gasteiger partial charge in [0.2, 0.25) is 10.0 Å². The summed E-state index contributed by atoms with van der Waals surface area (Å²) in [6.45, 7) is 2.37. The molecule has 0 saturated carbocycles. The van der Waals surface area contributed by atoms with Gasteiger partial charge >= 0.3 is 5.97 Å². The summed E-state index contributed by atoms with van der Waals surface area (Å²) in [4.78, 5) is 11.4. The maximum atomic E-state index is 11.9. The number of hydrogen-bond acceptors (Lipinski definition) is 5. The Morgan fingerprint density at radius 2 is 1.93 bits per heavy atom. The maximum Gasteiger partial charge on any atom is 0.322 e. The van der Waals surface area contributed by atoms with Crippen LogP contribution in [0.3, 0.4) is 0 Å². The van der Waals surface area contributed by atoms with E-state index in [0.717, 1.165) is 19.3 Å². The number of amidine groups is 1. The summed E-state index contributed by atoms with van der Waals surface area (Å²) in [7, 11) is -3.62. The molecule has 8 nitrogen and oxygen atoms in total. The second kappa shape index (κ2) is 11.6. The minimum atomic E-state index is -3.62. The fourth-order valence-corrected chi connectivity index (χ4v) is 3.76. The molecule has 0 spiro atoms. The average molecular weight is 400 g/mol. The molecule has 0 saturated heterocycles. The lowest BCUT2D eigenvalue weighted by Gasteiger charge is -2.15. The smallest absolute Gasteiger partial charge is 0.322 e. The fraction of sp³-hybridized carbons (Fsp3) is 0.556. The van der Waals surface area contributed by atoms with Gasteiger partial charge in [-0.2, -0.15) is 0 Å². The standard InChI is InChI=1S/C18H29N3O5S/c1-2-3-12-27(24,25)21-16(18(22)23)13-14-7-9-15(10-8-14)26-11-5-4-6-17(19)20/h7-10,16,21H,2-6,11-13H2,1H3,(H3,19,20)(H,22,23)/t16-/m0/s1. The molecule has 9 heteroatoms. The van der Waals surface area contributed by atoms with Gasteiger partial charge in [-0.25, -0.2) is 13.1 Å². The number of sulfonamides is 1. The van der Waals surface area contributed by atoms with Crippen molar-refractivity contribution in [3.63, 3.8) is 0 Å². The highest BCUT2D eigenvalue weighted by Crippen LogP contribution is 2.15. The summed E-state index contributed by atoms with van der Waals surface area (Å²) in [6.07, 6.45) is 3.37. The number of carboxylic acids is 1. The molecule has 0 aliphatic carbocycles.